The molecule has 0 radical (unpaired) electrons. The zero-order chi connectivity index (χ0) is 18.2. The van der Waals surface area contributed by atoms with E-state index in [0.717, 1.165) is 11.3 Å². The summed E-state index contributed by atoms with van der Waals surface area (Å²) in [6.45, 7) is 4.27. The molecule has 2 rings (SSSR count). The summed E-state index contributed by atoms with van der Waals surface area (Å²) in [5.41, 5.74) is 8.22. The predicted molar refractivity (Wildman–Crippen MR) is 103 cm³/mol. The number of benzene rings is 2. The Labute approximate surface area is 152 Å². The number of carbonyl (C=O) groups excluding carboxylic acids is 1. The number of thiocarbonyl (C=S) groups is 1. The Balaban J connectivity index is 1.71. The van der Waals surface area contributed by atoms with Crippen molar-refractivity contribution in [1.82, 2.24) is 10.9 Å². The number of hydrogen-bond acceptors (Lipinski definition) is 2. The largest absolute Gasteiger partial charge is 0.331 e. The van der Waals surface area contributed by atoms with Crippen molar-refractivity contribution < 1.29 is 9.18 Å². The fraction of sp³-hybridized carbons (Fsp3) is 0.263. The summed E-state index contributed by atoms with van der Waals surface area (Å²) in [5, 5.41) is 3.32. The summed E-state index contributed by atoms with van der Waals surface area (Å²) in [6, 6.07) is 14.1. The van der Waals surface area contributed by atoms with Gasteiger partial charge in [0.05, 0.1) is 0 Å². The van der Waals surface area contributed by atoms with Gasteiger partial charge in [0, 0.05) is 12.1 Å². The van der Waals surface area contributed by atoms with Gasteiger partial charge >= 0.3 is 0 Å². The second kappa shape index (κ2) is 9.13. The van der Waals surface area contributed by atoms with Crippen molar-refractivity contribution in [1.29, 1.82) is 0 Å². The van der Waals surface area contributed by atoms with Gasteiger partial charge < -0.3 is 5.32 Å². The first kappa shape index (κ1) is 18.9. The molecule has 132 valence electrons. The van der Waals surface area contributed by atoms with E-state index in [1.54, 1.807) is 12.1 Å². The second-order valence-corrected chi connectivity index (χ2v) is 6.44. The van der Waals surface area contributed by atoms with Gasteiger partial charge in [-0.3, -0.25) is 15.6 Å². The Hall–Kier alpha value is -2.47. The lowest BCUT2D eigenvalue weighted by Crippen LogP contribution is -2.43. The molecule has 3 N–H and O–H groups in total. The maximum absolute atomic E-state index is 12.8. The highest BCUT2D eigenvalue weighted by Gasteiger charge is 2.04. The monoisotopic (exact) mass is 359 g/mol. The zero-order valence-corrected chi connectivity index (χ0v) is 15.1. The van der Waals surface area contributed by atoms with Crippen LogP contribution >= 0.6 is 12.2 Å². The van der Waals surface area contributed by atoms with Crippen molar-refractivity contribution in [3.05, 3.63) is 65.5 Å². The number of aryl methyl sites for hydroxylation is 1. The van der Waals surface area contributed by atoms with E-state index in [2.05, 4.69) is 30.0 Å². The van der Waals surface area contributed by atoms with Crippen molar-refractivity contribution in [2.45, 2.75) is 32.6 Å². The van der Waals surface area contributed by atoms with Crippen LogP contribution in [0.1, 0.15) is 37.3 Å². The quantitative estimate of drug-likeness (QED) is 0.560. The van der Waals surface area contributed by atoms with Gasteiger partial charge in [-0.2, -0.15) is 0 Å². The molecule has 2 aromatic carbocycles. The lowest BCUT2D eigenvalue weighted by atomic mass is 10.0. The first-order valence-electron chi connectivity index (χ1n) is 8.14. The molecule has 1 amide bonds. The van der Waals surface area contributed by atoms with Crippen molar-refractivity contribution >= 4 is 28.9 Å². The van der Waals surface area contributed by atoms with Gasteiger partial charge in [0.15, 0.2) is 5.11 Å². The van der Waals surface area contributed by atoms with E-state index in [-0.39, 0.29) is 18.1 Å². The van der Waals surface area contributed by atoms with Crippen LogP contribution in [-0.2, 0) is 11.2 Å². The molecule has 4 nitrogen and oxygen atoms in total. The van der Waals surface area contributed by atoms with E-state index in [1.807, 2.05) is 24.3 Å². The van der Waals surface area contributed by atoms with Crippen LogP contribution in [0.4, 0.5) is 10.1 Å². The van der Waals surface area contributed by atoms with Crippen LogP contribution < -0.4 is 16.2 Å². The first-order chi connectivity index (χ1) is 11.9. The van der Waals surface area contributed by atoms with Gasteiger partial charge in [0.1, 0.15) is 5.82 Å². The highest BCUT2D eigenvalue weighted by Crippen LogP contribution is 2.16. The molecule has 0 spiro atoms. The van der Waals surface area contributed by atoms with Crippen LogP contribution in [0, 0.1) is 5.82 Å². The second-order valence-electron chi connectivity index (χ2n) is 6.03. The molecule has 0 aliphatic carbocycles. The SMILES string of the molecule is CC(C)c1ccc(NC(=S)NNC(=O)CCc2ccc(F)cc2)cc1. The number of nitrogens with one attached hydrogen (secondary N) is 3. The molecule has 0 saturated carbocycles. The van der Waals surface area contributed by atoms with E-state index in [4.69, 9.17) is 12.2 Å². The van der Waals surface area contributed by atoms with Crippen LogP contribution in [0.25, 0.3) is 0 Å². The zero-order valence-electron chi connectivity index (χ0n) is 14.3. The normalized spacial score (nSPS) is 10.4. The third kappa shape index (κ3) is 6.51. The van der Waals surface area contributed by atoms with Gasteiger partial charge in [-0.15, -0.1) is 0 Å². The van der Waals surface area contributed by atoms with Crippen molar-refractivity contribution in [3.63, 3.8) is 0 Å². The third-order valence-electron chi connectivity index (χ3n) is 3.70. The Morgan fingerprint density at radius 2 is 1.68 bits per heavy atom. The topological polar surface area (TPSA) is 53.2 Å². The summed E-state index contributed by atoms with van der Waals surface area (Å²) < 4.78 is 12.8. The van der Waals surface area contributed by atoms with Crippen molar-refractivity contribution in [2.24, 2.45) is 0 Å². The average Bonchev–Trinajstić information content (AvgIpc) is 2.60. The number of amides is 1. The highest BCUT2D eigenvalue weighted by atomic mass is 32.1. The minimum Gasteiger partial charge on any atom is -0.331 e. The Kier molecular flexibility index (Phi) is 6.89. The van der Waals surface area contributed by atoms with Crippen molar-refractivity contribution in [2.75, 3.05) is 5.32 Å². The maximum Gasteiger partial charge on any atom is 0.238 e. The molecule has 0 bridgehead atoms. The molecule has 6 heteroatoms. The molecular weight excluding hydrogens is 337 g/mol. The Morgan fingerprint density at radius 3 is 2.28 bits per heavy atom. The smallest absolute Gasteiger partial charge is 0.238 e. The molecule has 0 aliphatic heterocycles. The number of carbonyl (C=O) groups is 1. The van der Waals surface area contributed by atoms with E-state index >= 15 is 0 Å². The van der Waals surface area contributed by atoms with E-state index < -0.39 is 0 Å². The Bertz CT molecular complexity index is 714. The van der Waals surface area contributed by atoms with Gasteiger partial charge in [0.25, 0.3) is 0 Å². The molecule has 25 heavy (non-hydrogen) atoms. The first-order valence-corrected chi connectivity index (χ1v) is 8.55. The van der Waals surface area contributed by atoms with Gasteiger partial charge in [0.2, 0.25) is 5.91 Å². The number of hydrogen-bond donors (Lipinski definition) is 3. The van der Waals surface area contributed by atoms with Crippen LogP contribution in [0.2, 0.25) is 0 Å². The van der Waals surface area contributed by atoms with Crippen molar-refractivity contribution in [3.8, 4) is 0 Å². The molecule has 0 saturated heterocycles. The minimum atomic E-state index is -0.285. The number of halogens is 1. The minimum absolute atomic E-state index is 0.191. The molecule has 0 aromatic heterocycles. The van der Waals surface area contributed by atoms with Crippen LogP contribution in [0.5, 0.6) is 0 Å². The summed E-state index contributed by atoms with van der Waals surface area (Å²) in [4.78, 5) is 11.8. The van der Waals surface area contributed by atoms with Crippen LogP contribution in [0.3, 0.4) is 0 Å². The Morgan fingerprint density at radius 1 is 1.04 bits per heavy atom. The fourth-order valence-corrected chi connectivity index (χ4v) is 2.38. The average molecular weight is 359 g/mol. The predicted octanol–water partition coefficient (Wildman–Crippen LogP) is 3.90. The number of rotatable bonds is 5. The van der Waals surface area contributed by atoms with E-state index in [0.29, 0.717) is 17.5 Å². The molecule has 0 heterocycles. The lowest BCUT2D eigenvalue weighted by molar-refractivity contribution is -0.121. The summed E-state index contributed by atoms with van der Waals surface area (Å²) in [7, 11) is 0. The third-order valence-corrected chi connectivity index (χ3v) is 3.91. The van der Waals surface area contributed by atoms with Gasteiger partial charge in [-0.05, 0) is 59.9 Å². The molecule has 0 atom stereocenters. The van der Waals surface area contributed by atoms with E-state index in [1.165, 1.54) is 17.7 Å². The maximum atomic E-state index is 12.8. The lowest BCUT2D eigenvalue weighted by Gasteiger charge is -2.12. The van der Waals surface area contributed by atoms with E-state index in [9.17, 15) is 9.18 Å². The number of anilines is 1. The van der Waals surface area contributed by atoms with Crippen LogP contribution in [0.15, 0.2) is 48.5 Å². The molecular formula is C19H22FN3OS. The summed E-state index contributed by atoms with van der Waals surface area (Å²) in [5.74, 6) is -0.00382. The van der Waals surface area contributed by atoms with Gasteiger partial charge in [-0.1, -0.05) is 38.1 Å². The fourth-order valence-electron chi connectivity index (χ4n) is 2.21. The molecule has 2 aromatic rings. The summed E-state index contributed by atoms with van der Waals surface area (Å²) in [6.07, 6.45) is 0.814. The standard InChI is InChI=1S/C19H22FN3OS/c1-13(2)15-6-10-17(11-7-15)21-19(25)23-22-18(24)12-5-14-3-8-16(20)9-4-14/h3-4,6-11,13H,5,12H2,1-2H3,(H,22,24)(H2,21,23,25). The highest BCUT2D eigenvalue weighted by molar-refractivity contribution is 7.80. The van der Waals surface area contributed by atoms with Crippen LogP contribution in [-0.4, -0.2) is 11.0 Å². The molecule has 0 unspecified atom stereocenters. The summed E-state index contributed by atoms with van der Waals surface area (Å²) >= 11 is 5.15. The molecule has 0 fully saturated rings. The number of hydrazine groups is 1. The molecule has 0 aliphatic rings. The van der Waals surface area contributed by atoms with Gasteiger partial charge in [-0.25, -0.2) is 4.39 Å².